The van der Waals surface area contributed by atoms with Crippen LogP contribution in [0.3, 0.4) is 0 Å². The SMILES string of the molecule is O=C(CNC(=O)c1cc2ccccc2o1)NC(CC1CCNC1=O)C(=O)C(=O)NCc1ccccc1. The number of Topliss-reactive ketones (excluding diaryl/α,β-unsaturated/α-hetero) is 1. The minimum atomic E-state index is -1.22. The average molecular weight is 491 g/mol. The molecule has 0 bridgehead atoms. The third-order valence-corrected chi connectivity index (χ3v) is 5.91. The van der Waals surface area contributed by atoms with E-state index < -0.39 is 42.0 Å². The van der Waals surface area contributed by atoms with Crippen LogP contribution >= 0.6 is 0 Å². The van der Waals surface area contributed by atoms with E-state index in [0.717, 1.165) is 10.9 Å². The van der Waals surface area contributed by atoms with Crippen LogP contribution in [0.5, 0.6) is 0 Å². The normalized spacial score (nSPS) is 15.7. The van der Waals surface area contributed by atoms with Gasteiger partial charge in [-0.2, -0.15) is 0 Å². The van der Waals surface area contributed by atoms with Gasteiger partial charge in [-0.25, -0.2) is 0 Å². The van der Waals surface area contributed by atoms with E-state index >= 15 is 0 Å². The minimum Gasteiger partial charge on any atom is -0.451 e. The summed E-state index contributed by atoms with van der Waals surface area (Å²) in [4.78, 5) is 62.5. The number of rotatable bonds is 10. The number of nitrogens with one attached hydrogen (secondary N) is 4. The van der Waals surface area contributed by atoms with Gasteiger partial charge in [0.05, 0.1) is 12.6 Å². The molecule has 1 aliphatic rings. The molecule has 2 atom stereocenters. The highest BCUT2D eigenvalue weighted by atomic mass is 16.3. The molecule has 10 heteroatoms. The predicted molar refractivity (Wildman–Crippen MR) is 130 cm³/mol. The Morgan fingerprint density at radius 3 is 2.47 bits per heavy atom. The van der Waals surface area contributed by atoms with Crippen molar-refractivity contribution in [3.8, 4) is 0 Å². The molecule has 0 aliphatic carbocycles. The Balaban J connectivity index is 1.36. The van der Waals surface area contributed by atoms with Gasteiger partial charge in [0, 0.05) is 24.4 Å². The largest absolute Gasteiger partial charge is 0.451 e. The molecule has 0 radical (unpaired) electrons. The summed E-state index contributed by atoms with van der Waals surface area (Å²) in [6.07, 6.45) is 0.472. The second kappa shape index (κ2) is 11.3. The summed E-state index contributed by atoms with van der Waals surface area (Å²) in [6.45, 7) is 0.165. The standard InChI is InChI=1S/C26H26N4O6/c31-22(15-29-25(34)21-13-17-8-4-5-9-20(17)36-21)30-19(12-18-10-11-27-24(18)33)23(32)26(35)28-14-16-6-2-1-3-7-16/h1-9,13,18-19H,10-12,14-15H2,(H,27,33)(H,28,35)(H,29,34)(H,30,31). The van der Waals surface area contributed by atoms with Crippen molar-refractivity contribution in [3.63, 3.8) is 0 Å². The van der Waals surface area contributed by atoms with E-state index in [9.17, 15) is 24.0 Å². The fourth-order valence-electron chi connectivity index (χ4n) is 4.00. The highest BCUT2D eigenvalue weighted by Crippen LogP contribution is 2.19. The van der Waals surface area contributed by atoms with Crippen molar-refractivity contribution in [3.05, 3.63) is 72.0 Å². The molecule has 186 valence electrons. The van der Waals surface area contributed by atoms with Gasteiger partial charge in [-0.05, 0) is 30.5 Å². The third kappa shape index (κ3) is 6.15. The summed E-state index contributed by atoms with van der Waals surface area (Å²) in [6, 6.07) is 16.5. The van der Waals surface area contributed by atoms with Gasteiger partial charge in [0.25, 0.3) is 11.8 Å². The van der Waals surface area contributed by atoms with Gasteiger partial charge in [-0.3, -0.25) is 24.0 Å². The van der Waals surface area contributed by atoms with Crippen LogP contribution in [-0.4, -0.2) is 48.5 Å². The van der Waals surface area contributed by atoms with Crippen LogP contribution in [0, 0.1) is 5.92 Å². The van der Waals surface area contributed by atoms with Crippen LogP contribution in [0.1, 0.15) is 29.0 Å². The molecule has 36 heavy (non-hydrogen) atoms. The maximum atomic E-state index is 12.9. The highest BCUT2D eigenvalue weighted by Gasteiger charge is 2.34. The van der Waals surface area contributed by atoms with Crippen molar-refractivity contribution in [2.24, 2.45) is 5.92 Å². The van der Waals surface area contributed by atoms with E-state index in [1.165, 1.54) is 0 Å². The lowest BCUT2D eigenvalue weighted by Crippen LogP contribution is -2.50. The molecule has 2 aromatic carbocycles. The molecule has 2 unspecified atom stereocenters. The van der Waals surface area contributed by atoms with Crippen molar-refractivity contribution >= 4 is 40.4 Å². The lowest BCUT2D eigenvalue weighted by molar-refractivity contribution is -0.140. The van der Waals surface area contributed by atoms with Crippen molar-refractivity contribution in [2.45, 2.75) is 25.4 Å². The second-order valence-electron chi connectivity index (χ2n) is 8.50. The lowest BCUT2D eigenvalue weighted by Gasteiger charge is -2.20. The number of furan rings is 1. The van der Waals surface area contributed by atoms with E-state index in [2.05, 4.69) is 21.3 Å². The van der Waals surface area contributed by atoms with Crippen molar-refractivity contribution in [1.29, 1.82) is 0 Å². The molecule has 1 fully saturated rings. The molecule has 2 heterocycles. The Kier molecular flexibility index (Phi) is 7.74. The Morgan fingerprint density at radius 2 is 1.75 bits per heavy atom. The second-order valence-corrected chi connectivity index (χ2v) is 8.50. The zero-order valence-electron chi connectivity index (χ0n) is 19.4. The van der Waals surface area contributed by atoms with Crippen LogP contribution in [-0.2, 0) is 25.7 Å². The van der Waals surface area contributed by atoms with Gasteiger partial charge in [0.15, 0.2) is 5.76 Å². The number of carbonyl (C=O) groups is 5. The van der Waals surface area contributed by atoms with Gasteiger partial charge in [0.2, 0.25) is 17.6 Å². The maximum absolute atomic E-state index is 12.9. The van der Waals surface area contributed by atoms with Gasteiger partial charge in [-0.1, -0.05) is 48.5 Å². The summed E-state index contributed by atoms with van der Waals surface area (Å²) in [5, 5.41) is 10.9. The van der Waals surface area contributed by atoms with Crippen LogP contribution in [0.15, 0.2) is 65.1 Å². The molecule has 10 nitrogen and oxygen atoms in total. The number of fused-ring (bicyclic) bond motifs is 1. The Morgan fingerprint density at radius 1 is 1.00 bits per heavy atom. The van der Waals surface area contributed by atoms with Crippen molar-refractivity contribution < 1.29 is 28.4 Å². The fourth-order valence-corrected chi connectivity index (χ4v) is 4.00. The Labute approximate surface area is 206 Å². The molecule has 4 N–H and O–H groups in total. The number of hydrogen-bond acceptors (Lipinski definition) is 6. The van der Waals surface area contributed by atoms with E-state index in [1.807, 2.05) is 24.3 Å². The highest BCUT2D eigenvalue weighted by molar-refractivity contribution is 6.38. The summed E-state index contributed by atoms with van der Waals surface area (Å²) in [5.41, 5.74) is 1.34. The van der Waals surface area contributed by atoms with Gasteiger partial charge in [0.1, 0.15) is 5.58 Å². The zero-order valence-corrected chi connectivity index (χ0v) is 19.4. The van der Waals surface area contributed by atoms with Crippen molar-refractivity contribution in [1.82, 2.24) is 21.3 Å². The topological polar surface area (TPSA) is 147 Å². The van der Waals surface area contributed by atoms with E-state index in [1.54, 1.807) is 36.4 Å². The molecular formula is C26H26N4O6. The third-order valence-electron chi connectivity index (χ3n) is 5.91. The first-order valence-electron chi connectivity index (χ1n) is 11.6. The average Bonchev–Trinajstić information content (AvgIpc) is 3.51. The van der Waals surface area contributed by atoms with Crippen molar-refractivity contribution in [2.75, 3.05) is 13.1 Å². The summed E-state index contributed by atoms with van der Waals surface area (Å²) in [7, 11) is 0. The minimum absolute atomic E-state index is 0.0211. The molecule has 4 amide bonds. The molecule has 0 spiro atoms. The number of benzene rings is 2. The van der Waals surface area contributed by atoms with Crippen LogP contribution in [0.2, 0.25) is 0 Å². The first kappa shape index (κ1) is 24.6. The maximum Gasteiger partial charge on any atom is 0.289 e. The van der Waals surface area contributed by atoms with Gasteiger partial charge in [-0.15, -0.1) is 0 Å². The molecule has 1 aromatic heterocycles. The quantitative estimate of drug-likeness (QED) is 0.313. The zero-order chi connectivity index (χ0) is 25.5. The summed E-state index contributed by atoms with van der Waals surface area (Å²) in [5.74, 6) is -3.70. The Bertz CT molecular complexity index is 1250. The number of ketones is 1. The van der Waals surface area contributed by atoms with E-state index in [0.29, 0.717) is 18.5 Å². The molecule has 3 aromatic rings. The predicted octanol–water partition coefficient (Wildman–Crippen LogP) is 1.06. The van der Waals surface area contributed by atoms with E-state index in [4.69, 9.17) is 4.42 Å². The van der Waals surface area contributed by atoms with Crippen LogP contribution in [0.4, 0.5) is 0 Å². The molecule has 1 saturated heterocycles. The first-order valence-corrected chi connectivity index (χ1v) is 11.6. The number of carbonyl (C=O) groups excluding carboxylic acids is 5. The molecule has 0 saturated carbocycles. The molecule has 4 rings (SSSR count). The van der Waals surface area contributed by atoms with Crippen LogP contribution in [0.25, 0.3) is 11.0 Å². The number of amides is 4. The monoisotopic (exact) mass is 490 g/mol. The smallest absolute Gasteiger partial charge is 0.289 e. The van der Waals surface area contributed by atoms with Gasteiger partial charge >= 0.3 is 0 Å². The van der Waals surface area contributed by atoms with E-state index in [-0.39, 0.29) is 24.6 Å². The molecular weight excluding hydrogens is 464 g/mol. The van der Waals surface area contributed by atoms with Crippen LogP contribution < -0.4 is 21.3 Å². The Hall–Kier alpha value is -4.47. The fraction of sp³-hybridized carbons (Fsp3) is 0.269. The molecule has 1 aliphatic heterocycles. The first-order chi connectivity index (χ1) is 17.4. The summed E-state index contributed by atoms with van der Waals surface area (Å²) < 4.78 is 5.48. The van der Waals surface area contributed by atoms with Gasteiger partial charge < -0.3 is 25.7 Å². The lowest BCUT2D eigenvalue weighted by atomic mass is 9.95. The summed E-state index contributed by atoms with van der Waals surface area (Å²) >= 11 is 0. The number of hydrogen-bond donors (Lipinski definition) is 4. The number of para-hydroxylation sites is 1.